The lowest BCUT2D eigenvalue weighted by atomic mass is 10.2. The van der Waals surface area contributed by atoms with E-state index in [-0.39, 0.29) is 11.3 Å². The van der Waals surface area contributed by atoms with Gasteiger partial charge in [0.25, 0.3) is 0 Å². The molecule has 0 bridgehead atoms. The molecule has 1 heterocycles. The molecule has 7 nitrogen and oxygen atoms in total. The van der Waals surface area contributed by atoms with E-state index in [9.17, 15) is 21.6 Å². The van der Waals surface area contributed by atoms with Crippen molar-refractivity contribution < 1.29 is 26.7 Å². The van der Waals surface area contributed by atoms with Gasteiger partial charge in [0.1, 0.15) is 15.9 Å². The summed E-state index contributed by atoms with van der Waals surface area (Å²) in [5, 5.41) is 9.03. The van der Waals surface area contributed by atoms with E-state index in [1.54, 1.807) is 6.92 Å². The Morgan fingerprint density at radius 3 is 2.38 bits per heavy atom. The monoisotopic (exact) mass is 419 g/mol. The second-order valence-electron chi connectivity index (χ2n) is 4.40. The largest absolute Gasteiger partial charge is 0.480 e. The number of halogens is 1. The van der Waals surface area contributed by atoms with Crippen LogP contribution in [0.25, 0.3) is 0 Å². The first-order valence-electron chi connectivity index (χ1n) is 5.61. The zero-order chi connectivity index (χ0) is 16.4. The summed E-state index contributed by atoms with van der Waals surface area (Å²) in [5.74, 6) is -1.84. The van der Waals surface area contributed by atoms with Crippen molar-refractivity contribution >= 4 is 53.1 Å². The standard InChI is InChI=1S/C10H14BrNO6S3/c1-6-8(5-9(11)19-6)21(17,18)12-7(10(13)14)3-4-20(2,15)16/h5,7,12H,3-4H2,1-2H3,(H,13,14). The molecule has 0 fully saturated rings. The molecular weight excluding hydrogens is 406 g/mol. The number of aliphatic carboxylic acids is 1. The van der Waals surface area contributed by atoms with Gasteiger partial charge in [0.05, 0.1) is 14.4 Å². The van der Waals surface area contributed by atoms with E-state index in [2.05, 4.69) is 15.9 Å². The normalized spacial score (nSPS) is 14.0. The number of carbonyl (C=O) groups is 1. The molecule has 0 saturated carbocycles. The fourth-order valence-electron chi connectivity index (χ4n) is 1.51. The van der Waals surface area contributed by atoms with Crippen molar-refractivity contribution in [2.24, 2.45) is 0 Å². The van der Waals surface area contributed by atoms with E-state index >= 15 is 0 Å². The van der Waals surface area contributed by atoms with Crippen LogP contribution in [-0.2, 0) is 24.7 Å². The highest BCUT2D eigenvalue weighted by Crippen LogP contribution is 2.29. The molecule has 1 aromatic rings. The Morgan fingerprint density at radius 1 is 1.43 bits per heavy atom. The van der Waals surface area contributed by atoms with Crippen molar-refractivity contribution in [2.45, 2.75) is 24.3 Å². The molecule has 1 rings (SSSR count). The Balaban J connectivity index is 2.98. The number of hydrogen-bond acceptors (Lipinski definition) is 6. The lowest BCUT2D eigenvalue weighted by molar-refractivity contribution is -0.139. The van der Waals surface area contributed by atoms with Crippen LogP contribution in [0.3, 0.4) is 0 Å². The number of aryl methyl sites for hydroxylation is 1. The smallest absolute Gasteiger partial charge is 0.321 e. The van der Waals surface area contributed by atoms with E-state index in [1.165, 1.54) is 17.4 Å². The van der Waals surface area contributed by atoms with Crippen LogP contribution in [0.4, 0.5) is 0 Å². The van der Waals surface area contributed by atoms with Crippen LogP contribution in [0.5, 0.6) is 0 Å². The third-order valence-corrected chi connectivity index (χ3v) is 6.76. The van der Waals surface area contributed by atoms with Crippen LogP contribution in [0, 0.1) is 6.92 Å². The Morgan fingerprint density at radius 2 is 2.00 bits per heavy atom. The molecule has 0 aliphatic heterocycles. The van der Waals surface area contributed by atoms with Gasteiger partial charge >= 0.3 is 5.97 Å². The van der Waals surface area contributed by atoms with Crippen molar-refractivity contribution in [1.82, 2.24) is 4.72 Å². The molecule has 0 amide bonds. The summed E-state index contributed by atoms with van der Waals surface area (Å²) in [4.78, 5) is 11.6. The second kappa shape index (κ2) is 6.73. The Hall–Kier alpha value is -0.490. The number of hydrogen-bond donors (Lipinski definition) is 2. The predicted octanol–water partition coefficient (Wildman–Crippen LogP) is 0.985. The Labute approximate surface area is 135 Å². The fraction of sp³-hybridized carbons (Fsp3) is 0.500. The van der Waals surface area contributed by atoms with Crippen LogP contribution in [-0.4, -0.2) is 46.0 Å². The highest BCUT2D eigenvalue weighted by molar-refractivity contribution is 9.11. The van der Waals surface area contributed by atoms with Crippen LogP contribution in [0.2, 0.25) is 0 Å². The number of carboxylic acids is 1. The first kappa shape index (κ1) is 18.6. The zero-order valence-electron chi connectivity index (χ0n) is 11.2. The van der Waals surface area contributed by atoms with Crippen molar-refractivity contribution in [3.8, 4) is 0 Å². The summed E-state index contributed by atoms with van der Waals surface area (Å²) >= 11 is 4.36. The lowest BCUT2D eigenvalue weighted by Gasteiger charge is -2.14. The molecule has 120 valence electrons. The summed E-state index contributed by atoms with van der Waals surface area (Å²) in [5.41, 5.74) is 0. The maximum absolute atomic E-state index is 12.2. The van der Waals surface area contributed by atoms with E-state index in [4.69, 9.17) is 5.11 Å². The molecule has 0 aliphatic carbocycles. The van der Waals surface area contributed by atoms with E-state index in [0.717, 1.165) is 6.26 Å². The third kappa shape index (κ3) is 5.66. The first-order valence-corrected chi connectivity index (χ1v) is 10.8. The Kier molecular flexibility index (Phi) is 5.95. The van der Waals surface area contributed by atoms with Crippen LogP contribution in [0.1, 0.15) is 11.3 Å². The molecule has 0 spiro atoms. The SMILES string of the molecule is Cc1sc(Br)cc1S(=O)(=O)NC(CCS(C)(=O)=O)C(=O)O. The number of thiophene rings is 1. The van der Waals surface area contributed by atoms with Gasteiger partial charge in [-0.1, -0.05) is 0 Å². The highest BCUT2D eigenvalue weighted by atomic mass is 79.9. The van der Waals surface area contributed by atoms with Gasteiger partial charge in [0, 0.05) is 11.1 Å². The summed E-state index contributed by atoms with van der Waals surface area (Å²) in [7, 11) is -7.41. The minimum Gasteiger partial charge on any atom is -0.480 e. The molecule has 1 atom stereocenters. The quantitative estimate of drug-likeness (QED) is 0.679. The fourth-order valence-corrected chi connectivity index (χ4v) is 5.81. The molecule has 1 unspecified atom stereocenters. The maximum Gasteiger partial charge on any atom is 0.321 e. The second-order valence-corrected chi connectivity index (χ2v) is 11.0. The summed E-state index contributed by atoms with van der Waals surface area (Å²) in [6.45, 7) is 1.59. The number of carboxylic acid groups (broad SMARTS) is 1. The van der Waals surface area contributed by atoms with Gasteiger partial charge in [0.2, 0.25) is 10.0 Å². The lowest BCUT2D eigenvalue weighted by Crippen LogP contribution is -2.41. The van der Waals surface area contributed by atoms with E-state index in [1.807, 2.05) is 4.72 Å². The average Bonchev–Trinajstić information content (AvgIpc) is 2.63. The van der Waals surface area contributed by atoms with Crippen LogP contribution < -0.4 is 4.72 Å². The third-order valence-electron chi connectivity index (χ3n) is 2.50. The van der Waals surface area contributed by atoms with Gasteiger partial charge in [-0.3, -0.25) is 4.79 Å². The molecule has 0 aromatic carbocycles. The molecule has 2 N–H and O–H groups in total. The molecule has 21 heavy (non-hydrogen) atoms. The minimum absolute atomic E-state index is 0.0232. The number of nitrogens with one attached hydrogen (secondary N) is 1. The number of sulfone groups is 1. The summed E-state index contributed by atoms with van der Waals surface area (Å²) < 4.78 is 49.1. The van der Waals surface area contributed by atoms with Crippen molar-refractivity contribution in [3.63, 3.8) is 0 Å². The molecule has 1 aromatic heterocycles. The molecule has 0 radical (unpaired) electrons. The highest BCUT2D eigenvalue weighted by Gasteiger charge is 2.28. The first-order chi connectivity index (χ1) is 9.42. The van der Waals surface area contributed by atoms with Crippen molar-refractivity contribution in [2.75, 3.05) is 12.0 Å². The molecule has 0 aliphatic rings. The number of sulfonamides is 1. The predicted molar refractivity (Wildman–Crippen MR) is 82.8 cm³/mol. The van der Waals surface area contributed by atoms with E-state index in [0.29, 0.717) is 8.66 Å². The van der Waals surface area contributed by atoms with Crippen LogP contribution >= 0.6 is 27.3 Å². The molecule has 11 heteroatoms. The van der Waals surface area contributed by atoms with Gasteiger partial charge in [-0.15, -0.1) is 11.3 Å². The summed E-state index contributed by atoms with van der Waals surface area (Å²) in [6, 6.07) is -0.125. The van der Waals surface area contributed by atoms with Gasteiger partial charge in [-0.25, -0.2) is 16.8 Å². The van der Waals surface area contributed by atoms with Gasteiger partial charge in [-0.2, -0.15) is 4.72 Å². The van der Waals surface area contributed by atoms with Crippen LogP contribution in [0.15, 0.2) is 14.7 Å². The average molecular weight is 420 g/mol. The topological polar surface area (TPSA) is 118 Å². The van der Waals surface area contributed by atoms with Crippen molar-refractivity contribution in [3.05, 3.63) is 14.7 Å². The number of rotatable bonds is 7. The Bertz CT molecular complexity index is 737. The minimum atomic E-state index is -4.03. The van der Waals surface area contributed by atoms with Gasteiger partial charge in [0.15, 0.2) is 0 Å². The molecule has 0 saturated heterocycles. The van der Waals surface area contributed by atoms with Crippen molar-refractivity contribution in [1.29, 1.82) is 0 Å². The zero-order valence-corrected chi connectivity index (χ0v) is 15.2. The summed E-state index contributed by atoms with van der Waals surface area (Å²) in [6.07, 6.45) is 0.623. The molecular formula is C10H14BrNO6S3. The maximum atomic E-state index is 12.2. The van der Waals surface area contributed by atoms with Gasteiger partial charge < -0.3 is 5.11 Å². The van der Waals surface area contributed by atoms with E-state index < -0.39 is 37.6 Å². The van der Waals surface area contributed by atoms with Gasteiger partial charge in [-0.05, 0) is 35.3 Å².